The Labute approximate surface area is 124 Å². The van der Waals surface area contributed by atoms with Crippen LogP contribution >= 0.6 is 11.8 Å². The Morgan fingerprint density at radius 3 is 2.50 bits per heavy atom. The SMILES string of the molecule is CC1CCN(C(=O)N2CCSC(C)C2C)C(C(=O)O)C1. The summed E-state index contributed by atoms with van der Waals surface area (Å²) < 4.78 is 0. The summed E-state index contributed by atoms with van der Waals surface area (Å²) in [5.41, 5.74) is 0. The van der Waals surface area contributed by atoms with E-state index in [1.807, 2.05) is 16.7 Å². The van der Waals surface area contributed by atoms with Gasteiger partial charge in [-0.3, -0.25) is 0 Å². The molecule has 0 spiro atoms. The lowest BCUT2D eigenvalue weighted by atomic mass is 9.92. The number of carboxylic acids is 1. The fraction of sp³-hybridized carbons (Fsp3) is 0.857. The van der Waals surface area contributed by atoms with Gasteiger partial charge in [0.1, 0.15) is 6.04 Å². The third-order valence-corrected chi connectivity index (χ3v) is 5.86. The van der Waals surface area contributed by atoms with Gasteiger partial charge in [0.05, 0.1) is 0 Å². The molecule has 2 fully saturated rings. The lowest BCUT2D eigenvalue weighted by molar-refractivity contribution is -0.144. The van der Waals surface area contributed by atoms with Crippen LogP contribution in [0.25, 0.3) is 0 Å². The van der Waals surface area contributed by atoms with E-state index in [-0.39, 0.29) is 12.1 Å². The van der Waals surface area contributed by atoms with Crippen molar-refractivity contribution in [2.75, 3.05) is 18.8 Å². The molecule has 4 unspecified atom stereocenters. The number of likely N-dealkylation sites (tertiary alicyclic amines) is 1. The highest BCUT2D eigenvalue weighted by atomic mass is 32.2. The fourth-order valence-electron chi connectivity index (χ4n) is 2.97. The first-order valence-electron chi connectivity index (χ1n) is 7.33. The van der Waals surface area contributed by atoms with Gasteiger partial charge >= 0.3 is 12.0 Å². The molecule has 0 bridgehead atoms. The third-order valence-electron chi connectivity index (χ3n) is 4.53. The number of thioether (sulfide) groups is 1. The van der Waals surface area contributed by atoms with Crippen LogP contribution < -0.4 is 0 Å². The van der Waals surface area contributed by atoms with Crippen molar-refractivity contribution in [2.45, 2.75) is 50.9 Å². The van der Waals surface area contributed by atoms with E-state index in [0.717, 1.165) is 12.2 Å². The molecular weight excluding hydrogens is 276 g/mol. The van der Waals surface area contributed by atoms with Crippen LogP contribution in [0, 0.1) is 5.92 Å². The first kappa shape index (κ1) is 15.5. The average Bonchev–Trinajstić information content (AvgIpc) is 2.41. The molecule has 6 heteroatoms. The molecule has 2 aliphatic heterocycles. The highest BCUT2D eigenvalue weighted by Crippen LogP contribution is 2.28. The van der Waals surface area contributed by atoms with E-state index in [0.29, 0.717) is 30.7 Å². The number of rotatable bonds is 1. The molecule has 0 saturated carbocycles. The number of hydrogen-bond donors (Lipinski definition) is 1. The molecule has 4 atom stereocenters. The normalized spacial score (nSPS) is 35.0. The molecule has 0 aromatic heterocycles. The molecule has 20 heavy (non-hydrogen) atoms. The van der Waals surface area contributed by atoms with Gasteiger partial charge in [-0.1, -0.05) is 13.8 Å². The molecule has 5 nitrogen and oxygen atoms in total. The quantitative estimate of drug-likeness (QED) is 0.806. The summed E-state index contributed by atoms with van der Waals surface area (Å²) in [6.07, 6.45) is 1.45. The smallest absolute Gasteiger partial charge is 0.326 e. The van der Waals surface area contributed by atoms with Crippen molar-refractivity contribution in [3.05, 3.63) is 0 Å². The minimum Gasteiger partial charge on any atom is -0.480 e. The minimum absolute atomic E-state index is 0.0936. The number of carboxylic acid groups (broad SMARTS) is 1. The van der Waals surface area contributed by atoms with E-state index in [4.69, 9.17) is 0 Å². The summed E-state index contributed by atoms with van der Waals surface area (Å²) in [7, 11) is 0. The Morgan fingerprint density at radius 1 is 1.15 bits per heavy atom. The van der Waals surface area contributed by atoms with Crippen molar-refractivity contribution < 1.29 is 14.7 Å². The number of carbonyl (C=O) groups excluding carboxylic acids is 1. The Balaban J connectivity index is 2.12. The standard InChI is InChI=1S/C14H24N2O3S/c1-9-4-5-16(12(8-9)13(17)18)14(19)15-6-7-20-11(3)10(15)2/h9-12H,4-8H2,1-3H3,(H,17,18). The van der Waals surface area contributed by atoms with Crippen LogP contribution in [0.4, 0.5) is 4.79 Å². The van der Waals surface area contributed by atoms with Crippen LogP contribution in [-0.2, 0) is 4.79 Å². The van der Waals surface area contributed by atoms with Crippen molar-refractivity contribution in [1.82, 2.24) is 9.80 Å². The van der Waals surface area contributed by atoms with Crippen LogP contribution in [0.15, 0.2) is 0 Å². The Kier molecular flexibility index (Phi) is 4.83. The van der Waals surface area contributed by atoms with Crippen LogP contribution in [0.1, 0.15) is 33.6 Å². The van der Waals surface area contributed by atoms with E-state index in [1.165, 1.54) is 0 Å². The van der Waals surface area contributed by atoms with Gasteiger partial charge in [-0.2, -0.15) is 11.8 Å². The van der Waals surface area contributed by atoms with Crippen molar-refractivity contribution >= 4 is 23.8 Å². The van der Waals surface area contributed by atoms with Gasteiger partial charge < -0.3 is 14.9 Å². The molecule has 0 radical (unpaired) electrons. The number of carbonyl (C=O) groups is 2. The van der Waals surface area contributed by atoms with Crippen molar-refractivity contribution in [3.8, 4) is 0 Å². The fourth-order valence-corrected chi connectivity index (χ4v) is 4.07. The lowest BCUT2D eigenvalue weighted by Crippen LogP contribution is -2.58. The van der Waals surface area contributed by atoms with Gasteiger partial charge in [0.2, 0.25) is 0 Å². The molecule has 0 aromatic carbocycles. The van der Waals surface area contributed by atoms with Crippen LogP contribution in [-0.4, -0.2) is 63.1 Å². The van der Waals surface area contributed by atoms with Crippen molar-refractivity contribution in [1.29, 1.82) is 0 Å². The molecule has 114 valence electrons. The predicted octanol–water partition coefficient (Wildman–Crippen LogP) is 2.12. The summed E-state index contributed by atoms with van der Waals surface area (Å²) in [4.78, 5) is 27.6. The van der Waals surface area contributed by atoms with Gasteiger partial charge in [0, 0.05) is 30.1 Å². The van der Waals surface area contributed by atoms with Crippen molar-refractivity contribution in [3.63, 3.8) is 0 Å². The van der Waals surface area contributed by atoms with Gasteiger partial charge in [0.25, 0.3) is 0 Å². The summed E-state index contributed by atoms with van der Waals surface area (Å²) >= 11 is 1.87. The van der Waals surface area contributed by atoms with Crippen molar-refractivity contribution in [2.24, 2.45) is 5.92 Å². The van der Waals surface area contributed by atoms with Crippen LogP contribution in [0.5, 0.6) is 0 Å². The number of piperidine rings is 1. The molecule has 2 amide bonds. The first-order valence-corrected chi connectivity index (χ1v) is 8.38. The molecule has 2 saturated heterocycles. The van der Waals surface area contributed by atoms with Gasteiger partial charge in [-0.15, -0.1) is 0 Å². The van der Waals surface area contributed by atoms with E-state index < -0.39 is 12.0 Å². The second kappa shape index (κ2) is 6.24. The first-order chi connectivity index (χ1) is 9.41. The molecule has 0 aliphatic carbocycles. The van der Waals surface area contributed by atoms with E-state index in [9.17, 15) is 14.7 Å². The largest absolute Gasteiger partial charge is 0.480 e. The summed E-state index contributed by atoms with van der Waals surface area (Å²) in [6.45, 7) is 7.51. The highest BCUT2D eigenvalue weighted by molar-refractivity contribution is 8.00. The van der Waals surface area contributed by atoms with Gasteiger partial charge in [-0.25, -0.2) is 9.59 Å². The molecule has 2 rings (SSSR count). The number of aliphatic carboxylic acids is 1. The zero-order valence-corrected chi connectivity index (χ0v) is 13.2. The number of urea groups is 1. The maximum absolute atomic E-state index is 12.7. The number of hydrogen-bond acceptors (Lipinski definition) is 3. The molecular formula is C14H24N2O3S. The Bertz CT molecular complexity index is 391. The van der Waals surface area contributed by atoms with E-state index >= 15 is 0 Å². The van der Waals surface area contributed by atoms with E-state index in [1.54, 1.807) is 4.90 Å². The van der Waals surface area contributed by atoms with Crippen LogP contribution in [0.3, 0.4) is 0 Å². The second-order valence-electron chi connectivity index (χ2n) is 5.97. The Morgan fingerprint density at radius 2 is 1.85 bits per heavy atom. The Hall–Kier alpha value is -0.910. The lowest BCUT2D eigenvalue weighted by Gasteiger charge is -2.43. The molecule has 2 aliphatic rings. The third kappa shape index (κ3) is 3.05. The summed E-state index contributed by atoms with van der Waals surface area (Å²) in [5, 5.41) is 9.78. The maximum Gasteiger partial charge on any atom is 0.326 e. The summed E-state index contributed by atoms with van der Waals surface area (Å²) in [6, 6.07) is -0.595. The number of amides is 2. The zero-order valence-electron chi connectivity index (χ0n) is 12.4. The maximum atomic E-state index is 12.7. The van der Waals surface area contributed by atoms with Crippen LogP contribution in [0.2, 0.25) is 0 Å². The topological polar surface area (TPSA) is 60.9 Å². The predicted molar refractivity (Wildman–Crippen MR) is 80.0 cm³/mol. The van der Waals surface area contributed by atoms with E-state index in [2.05, 4.69) is 20.8 Å². The highest BCUT2D eigenvalue weighted by Gasteiger charge is 2.39. The van der Waals surface area contributed by atoms with Gasteiger partial charge in [0.15, 0.2) is 0 Å². The minimum atomic E-state index is -0.878. The molecule has 2 heterocycles. The average molecular weight is 300 g/mol. The monoisotopic (exact) mass is 300 g/mol. The van der Waals surface area contributed by atoms with Gasteiger partial charge in [-0.05, 0) is 25.7 Å². The number of nitrogens with zero attached hydrogens (tertiary/aromatic N) is 2. The second-order valence-corrected chi connectivity index (χ2v) is 7.45. The molecule has 1 N–H and O–H groups in total. The zero-order chi connectivity index (χ0) is 14.9. The summed E-state index contributed by atoms with van der Waals surface area (Å²) in [5.74, 6) is 0.421. The molecule has 0 aromatic rings.